The van der Waals surface area contributed by atoms with Crippen molar-refractivity contribution in [3.63, 3.8) is 0 Å². The summed E-state index contributed by atoms with van der Waals surface area (Å²) >= 11 is 12.4. The van der Waals surface area contributed by atoms with Gasteiger partial charge in [-0.3, -0.25) is 9.69 Å². The molecule has 0 aromatic heterocycles. The minimum atomic E-state index is -3.39. The molecule has 30 heavy (non-hydrogen) atoms. The van der Waals surface area contributed by atoms with Crippen LogP contribution in [0.4, 0.5) is 0 Å². The van der Waals surface area contributed by atoms with Crippen LogP contribution >= 0.6 is 23.2 Å². The van der Waals surface area contributed by atoms with E-state index in [4.69, 9.17) is 27.9 Å². The fourth-order valence-corrected chi connectivity index (χ4v) is 4.76. The molecular weight excluding hydrogens is 447 g/mol. The van der Waals surface area contributed by atoms with Crippen LogP contribution in [0, 0.1) is 0 Å². The summed E-state index contributed by atoms with van der Waals surface area (Å²) in [6, 6.07) is 12.1. The van der Waals surface area contributed by atoms with E-state index in [9.17, 15) is 13.2 Å². The number of amides is 1. The molecule has 1 atom stereocenters. The van der Waals surface area contributed by atoms with Gasteiger partial charge in [-0.1, -0.05) is 53.5 Å². The Morgan fingerprint density at radius 2 is 1.90 bits per heavy atom. The molecule has 1 fully saturated rings. The van der Waals surface area contributed by atoms with Gasteiger partial charge in [0.15, 0.2) is 9.84 Å². The Labute approximate surface area is 187 Å². The molecule has 0 bridgehead atoms. The third-order valence-electron chi connectivity index (χ3n) is 4.90. The molecule has 1 saturated heterocycles. The standard InChI is InChI=1S/C21H24Cl2N2O4S/c1-30(27,28)19-8-3-2-5-15(19)11-20(26)24-12-17-14-25(9-10-29-17)13-16-6-4-7-18(22)21(16)23/h2-8,17H,9-14H2,1H3,(H,24,26). The van der Waals surface area contributed by atoms with Crippen LogP contribution in [0.1, 0.15) is 11.1 Å². The number of rotatable bonds is 7. The van der Waals surface area contributed by atoms with E-state index in [-0.39, 0.29) is 23.3 Å². The van der Waals surface area contributed by atoms with Crippen molar-refractivity contribution in [3.8, 4) is 0 Å². The molecule has 1 aliphatic rings. The van der Waals surface area contributed by atoms with Crippen molar-refractivity contribution in [3.05, 3.63) is 63.6 Å². The summed E-state index contributed by atoms with van der Waals surface area (Å²) in [6.07, 6.45) is 0.976. The van der Waals surface area contributed by atoms with E-state index in [0.29, 0.717) is 41.8 Å². The van der Waals surface area contributed by atoms with Gasteiger partial charge in [-0.05, 0) is 23.3 Å². The average molecular weight is 471 g/mol. The number of nitrogens with zero attached hydrogens (tertiary/aromatic N) is 1. The summed E-state index contributed by atoms with van der Waals surface area (Å²) in [6.45, 7) is 2.95. The van der Waals surface area contributed by atoms with Gasteiger partial charge in [0.2, 0.25) is 5.91 Å². The first kappa shape index (κ1) is 23.0. The molecule has 9 heteroatoms. The Bertz CT molecular complexity index is 1010. The summed E-state index contributed by atoms with van der Waals surface area (Å²) in [5, 5.41) is 3.94. The van der Waals surface area contributed by atoms with Gasteiger partial charge in [-0.15, -0.1) is 0 Å². The second kappa shape index (κ2) is 10.1. The van der Waals surface area contributed by atoms with Gasteiger partial charge in [-0.2, -0.15) is 0 Å². The lowest BCUT2D eigenvalue weighted by Gasteiger charge is -2.33. The van der Waals surface area contributed by atoms with E-state index in [0.717, 1.165) is 18.4 Å². The average Bonchev–Trinajstić information content (AvgIpc) is 2.70. The van der Waals surface area contributed by atoms with Crippen LogP contribution in [-0.2, 0) is 32.3 Å². The normalized spacial score (nSPS) is 17.6. The highest BCUT2D eigenvalue weighted by Crippen LogP contribution is 2.27. The molecule has 0 saturated carbocycles. The number of ether oxygens (including phenoxy) is 1. The van der Waals surface area contributed by atoms with Crippen LogP contribution < -0.4 is 5.32 Å². The zero-order valence-corrected chi connectivity index (χ0v) is 18.9. The third kappa shape index (κ3) is 6.18. The second-order valence-corrected chi connectivity index (χ2v) is 10.1. The van der Waals surface area contributed by atoms with Crippen LogP contribution in [0.15, 0.2) is 47.4 Å². The lowest BCUT2D eigenvalue weighted by atomic mass is 10.1. The van der Waals surface area contributed by atoms with Crippen molar-refractivity contribution in [1.29, 1.82) is 0 Å². The van der Waals surface area contributed by atoms with E-state index in [1.807, 2.05) is 12.1 Å². The predicted molar refractivity (Wildman–Crippen MR) is 118 cm³/mol. The van der Waals surface area contributed by atoms with Crippen LogP contribution in [0.2, 0.25) is 10.0 Å². The third-order valence-corrected chi connectivity index (χ3v) is 6.95. The maximum atomic E-state index is 12.4. The molecule has 3 rings (SSSR count). The van der Waals surface area contributed by atoms with E-state index in [2.05, 4.69) is 10.2 Å². The lowest BCUT2D eigenvalue weighted by Crippen LogP contribution is -2.47. The molecule has 0 radical (unpaired) electrons. The van der Waals surface area contributed by atoms with Crippen molar-refractivity contribution in [2.45, 2.75) is 24.0 Å². The zero-order valence-electron chi connectivity index (χ0n) is 16.6. The zero-order chi connectivity index (χ0) is 21.7. The summed E-state index contributed by atoms with van der Waals surface area (Å²) < 4.78 is 29.6. The second-order valence-electron chi connectivity index (χ2n) is 7.30. The van der Waals surface area contributed by atoms with E-state index < -0.39 is 9.84 Å². The molecule has 1 heterocycles. The molecule has 2 aromatic carbocycles. The maximum Gasteiger partial charge on any atom is 0.224 e. The quantitative estimate of drug-likeness (QED) is 0.672. The van der Waals surface area contributed by atoms with Crippen LogP contribution in [0.3, 0.4) is 0 Å². The molecule has 1 unspecified atom stereocenters. The Kier molecular flexibility index (Phi) is 7.76. The molecule has 1 amide bonds. The van der Waals surface area contributed by atoms with Gasteiger partial charge >= 0.3 is 0 Å². The van der Waals surface area contributed by atoms with Gasteiger partial charge < -0.3 is 10.1 Å². The molecule has 1 aliphatic heterocycles. The minimum absolute atomic E-state index is 0.00218. The topological polar surface area (TPSA) is 75.7 Å². The summed E-state index contributed by atoms with van der Waals surface area (Å²) in [5.74, 6) is -0.246. The van der Waals surface area contributed by atoms with Crippen LogP contribution in [0.25, 0.3) is 0 Å². The number of carbonyl (C=O) groups is 1. The Balaban J connectivity index is 1.54. The molecule has 2 aromatic rings. The Morgan fingerprint density at radius 3 is 2.67 bits per heavy atom. The van der Waals surface area contributed by atoms with Crippen molar-refractivity contribution in [2.75, 3.05) is 32.5 Å². The van der Waals surface area contributed by atoms with Gasteiger partial charge in [-0.25, -0.2) is 8.42 Å². The summed E-state index contributed by atoms with van der Waals surface area (Å²) in [4.78, 5) is 14.8. The lowest BCUT2D eigenvalue weighted by molar-refractivity contribution is -0.121. The highest BCUT2D eigenvalue weighted by atomic mass is 35.5. The predicted octanol–water partition coefficient (Wildman–Crippen LogP) is 2.96. The first-order valence-corrected chi connectivity index (χ1v) is 12.2. The number of nitrogens with one attached hydrogen (secondary N) is 1. The first-order chi connectivity index (χ1) is 14.2. The number of sulfone groups is 1. The van der Waals surface area contributed by atoms with Crippen molar-refractivity contribution in [2.24, 2.45) is 0 Å². The number of hydrogen-bond donors (Lipinski definition) is 1. The Hall–Kier alpha value is -1.64. The fourth-order valence-electron chi connectivity index (χ4n) is 3.43. The van der Waals surface area contributed by atoms with Crippen molar-refractivity contribution >= 4 is 38.9 Å². The monoisotopic (exact) mass is 470 g/mol. The van der Waals surface area contributed by atoms with Gasteiger partial charge in [0, 0.05) is 32.4 Å². The smallest absolute Gasteiger partial charge is 0.224 e. The van der Waals surface area contributed by atoms with Gasteiger partial charge in [0.1, 0.15) is 0 Å². The summed E-state index contributed by atoms with van der Waals surface area (Å²) in [5.41, 5.74) is 1.44. The number of halogens is 2. The van der Waals surface area contributed by atoms with Crippen LogP contribution in [-0.4, -0.2) is 57.8 Å². The number of benzene rings is 2. The summed E-state index contributed by atoms with van der Waals surface area (Å²) in [7, 11) is -3.39. The van der Waals surface area contributed by atoms with Crippen molar-refractivity contribution < 1.29 is 17.9 Å². The SMILES string of the molecule is CS(=O)(=O)c1ccccc1CC(=O)NCC1CN(Cc2cccc(Cl)c2Cl)CCO1. The molecule has 0 aliphatic carbocycles. The molecule has 162 valence electrons. The van der Waals surface area contributed by atoms with Crippen LogP contribution in [0.5, 0.6) is 0 Å². The Morgan fingerprint density at radius 1 is 1.17 bits per heavy atom. The maximum absolute atomic E-state index is 12.4. The highest BCUT2D eigenvalue weighted by Gasteiger charge is 2.22. The highest BCUT2D eigenvalue weighted by molar-refractivity contribution is 7.90. The van der Waals surface area contributed by atoms with Crippen molar-refractivity contribution in [1.82, 2.24) is 10.2 Å². The molecule has 1 N–H and O–H groups in total. The number of hydrogen-bond acceptors (Lipinski definition) is 5. The number of morpholine rings is 1. The minimum Gasteiger partial charge on any atom is -0.374 e. The fraction of sp³-hybridized carbons (Fsp3) is 0.381. The number of carbonyl (C=O) groups excluding carboxylic acids is 1. The molecule has 6 nitrogen and oxygen atoms in total. The van der Waals surface area contributed by atoms with Gasteiger partial charge in [0.25, 0.3) is 0 Å². The first-order valence-electron chi connectivity index (χ1n) is 9.55. The van der Waals surface area contributed by atoms with E-state index in [1.54, 1.807) is 24.3 Å². The molecular formula is C21H24Cl2N2O4S. The largest absolute Gasteiger partial charge is 0.374 e. The van der Waals surface area contributed by atoms with E-state index in [1.165, 1.54) is 6.07 Å². The van der Waals surface area contributed by atoms with E-state index >= 15 is 0 Å². The molecule has 0 spiro atoms. The van der Waals surface area contributed by atoms with Gasteiger partial charge in [0.05, 0.1) is 34.1 Å².